The Morgan fingerprint density at radius 2 is 0.783 bits per heavy atom. The van der Waals surface area contributed by atoms with Crippen LogP contribution >= 0.6 is 0 Å². The van der Waals surface area contributed by atoms with Crippen molar-refractivity contribution in [3.63, 3.8) is 0 Å². The van der Waals surface area contributed by atoms with Gasteiger partial charge in [-0.1, -0.05) is 60.7 Å². The molecule has 0 heterocycles. The van der Waals surface area contributed by atoms with Gasteiger partial charge in [0.05, 0.1) is 13.2 Å². The van der Waals surface area contributed by atoms with Gasteiger partial charge in [0.15, 0.2) is 13.6 Å². The zero-order valence-electron chi connectivity index (χ0n) is 13.1. The van der Waals surface area contributed by atoms with E-state index in [1.165, 1.54) is 0 Å². The smallest absolute Gasteiger partial charge is 0.152 e. The van der Waals surface area contributed by atoms with Gasteiger partial charge in [-0.3, -0.25) is 0 Å². The summed E-state index contributed by atoms with van der Waals surface area (Å²) in [5.74, 6) is 0. The van der Waals surface area contributed by atoms with Crippen LogP contribution in [0.15, 0.2) is 60.7 Å². The van der Waals surface area contributed by atoms with Crippen LogP contribution in [0.2, 0.25) is 0 Å². The molecule has 2 rings (SSSR count). The summed E-state index contributed by atoms with van der Waals surface area (Å²) >= 11 is 0. The monoisotopic (exact) mass is 318 g/mol. The third-order valence-corrected chi connectivity index (χ3v) is 2.89. The summed E-state index contributed by atoms with van der Waals surface area (Å²) in [6, 6.07) is 19.8. The fraction of sp³-hybridized carbons (Fsp3) is 0.333. The fourth-order valence-electron chi connectivity index (χ4n) is 1.81. The van der Waals surface area contributed by atoms with E-state index in [1.807, 2.05) is 60.7 Å². The number of benzene rings is 2. The van der Waals surface area contributed by atoms with Gasteiger partial charge in [-0.15, -0.1) is 0 Å². The number of hydrogen-bond acceptors (Lipinski definition) is 5. The Hall–Kier alpha value is -1.76. The number of hydrogen-bond donors (Lipinski definition) is 0. The summed E-state index contributed by atoms with van der Waals surface area (Å²) in [7, 11) is 0. The van der Waals surface area contributed by atoms with Crippen molar-refractivity contribution in [1.82, 2.24) is 0 Å². The predicted octanol–water partition coefficient (Wildman–Crippen LogP) is 3.30. The third kappa shape index (κ3) is 8.44. The fourth-order valence-corrected chi connectivity index (χ4v) is 1.81. The average Bonchev–Trinajstić information content (AvgIpc) is 2.61. The number of rotatable bonds is 12. The van der Waals surface area contributed by atoms with Crippen LogP contribution in [0.5, 0.6) is 0 Å². The van der Waals surface area contributed by atoms with Crippen molar-refractivity contribution < 1.29 is 23.7 Å². The highest BCUT2D eigenvalue weighted by Crippen LogP contribution is 2.01. The lowest BCUT2D eigenvalue weighted by molar-refractivity contribution is -0.195. The van der Waals surface area contributed by atoms with Crippen molar-refractivity contribution in [2.24, 2.45) is 0 Å². The molecule has 0 N–H and O–H groups in total. The van der Waals surface area contributed by atoms with E-state index in [4.69, 9.17) is 23.7 Å². The lowest BCUT2D eigenvalue weighted by Gasteiger charge is -2.08. The summed E-state index contributed by atoms with van der Waals surface area (Å²) < 4.78 is 26.2. The van der Waals surface area contributed by atoms with Crippen LogP contribution in [0.4, 0.5) is 0 Å². The van der Waals surface area contributed by atoms with E-state index >= 15 is 0 Å². The van der Waals surface area contributed by atoms with Gasteiger partial charge in [-0.05, 0) is 11.1 Å². The standard InChI is InChI=1S/C18H22O5/c1-3-7-17(8-4-1)11-19-13-21-15-23-16-22-14-20-12-18-9-5-2-6-10-18/h1-10H,11-16H2. The lowest BCUT2D eigenvalue weighted by Crippen LogP contribution is -2.09. The van der Waals surface area contributed by atoms with Crippen molar-refractivity contribution in [2.45, 2.75) is 13.2 Å². The molecule has 0 fully saturated rings. The molecule has 2 aromatic rings. The Morgan fingerprint density at radius 3 is 1.17 bits per heavy atom. The van der Waals surface area contributed by atoms with Crippen molar-refractivity contribution >= 4 is 0 Å². The van der Waals surface area contributed by atoms with Crippen molar-refractivity contribution in [1.29, 1.82) is 0 Å². The molecular formula is C18H22O5. The minimum absolute atomic E-state index is 0.119. The van der Waals surface area contributed by atoms with Gasteiger partial charge >= 0.3 is 0 Å². The maximum Gasteiger partial charge on any atom is 0.152 e. The summed E-state index contributed by atoms with van der Waals surface area (Å²) in [4.78, 5) is 0. The van der Waals surface area contributed by atoms with Crippen molar-refractivity contribution in [3.05, 3.63) is 71.8 Å². The molecule has 0 saturated carbocycles. The maximum atomic E-state index is 5.35. The summed E-state index contributed by atoms with van der Waals surface area (Å²) in [5, 5.41) is 0. The van der Waals surface area contributed by atoms with E-state index in [0.717, 1.165) is 11.1 Å². The molecule has 0 radical (unpaired) electrons. The van der Waals surface area contributed by atoms with Gasteiger partial charge in [0.1, 0.15) is 13.6 Å². The lowest BCUT2D eigenvalue weighted by atomic mass is 10.2. The molecule has 0 bridgehead atoms. The predicted molar refractivity (Wildman–Crippen MR) is 85.2 cm³/mol. The van der Waals surface area contributed by atoms with Gasteiger partial charge in [0, 0.05) is 0 Å². The van der Waals surface area contributed by atoms with Crippen molar-refractivity contribution in [3.8, 4) is 0 Å². The molecule has 5 nitrogen and oxygen atoms in total. The summed E-state index contributed by atoms with van der Waals surface area (Å²) in [6.45, 7) is 1.63. The molecule has 2 aromatic carbocycles. The van der Waals surface area contributed by atoms with Crippen LogP contribution in [0, 0.1) is 0 Å². The molecule has 5 heteroatoms. The van der Waals surface area contributed by atoms with E-state index in [0.29, 0.717) is 13.2 Å². The minimum atomic E-state index is 0.119. The highest BCUT2D eigenvalue weighted by atomic mass is 16.8. The first kappa shape index (κ1) is 17.6. The first-order valence-corrected chi connectivity index (χ1v) is 7.42. The summed E-state index contributed by atoms with van der Waals surface area (Å²) in [6.07, 6.45) is 0. The molecule has 0 spiro atoms. The van der Waals surface area contributed by atoms with E-state index in [1.54, 1.807) is 0 Å². The Labute approximate surface area is 136 Å². The Balaban J connectivity index is 1.34. The number of ether oxygens (including phenoxy) is 5. The molecule has 0 aliphatic carbocycles. The highest BCUT2D eigenvalue weighted by molar-refractivity contribution is 5.13. The quantitative estimate of drug-likeness (QED) is 0.444. The van der Waals surface area contributed by atoms with Crippen LogP contribution < -0.4 is 0 Å². The van der Waals surface area contributed by atoms with Gasteiger partial charge in [-0.2, -0.15) is 0 Å². The second-order valence-corrected chi connectivity index (χ2v) is 4.75. The van der Waals surface area contributed by atoms with E-state index in [2.05, 4.69) is 0 Å². The Morgan fingerprint density at radius 1 is 0.435 bits per heavy atom. The van der Waals surface area contributed by atoms with E-state index < -0.39 is 0 Å². The second-order valence-electron chi connectivity index (χ2n) is 4.75. The molecule has 0 atom stereocenters. The summed E-state index contributed by atoms with van der Waals surface area (Å²) in [5.41, 5.74) is 2.21. The Bertz CT molecular complexity index is 456. The first-order valence-electron chi connectivity index (χ1n) is 7.42. The Kier molecular flexibility index (Phi) is 9.00. The van der Waals surface area contributed by atoms with Crippen molar-refractivity contribution in [2.75, 3.05) is 27.2 Å². The van der Waals surface area contributed by atoms with E-state index in [9.17, 15) is 0 Å². The van der Waals surface area contributed by atoms with Gasteiger partial charge in [0.25, 0.3) is 0 Å². The molecule has 0 aliphatic rings. The van der Waals surface area contributed by atoms with Crippen LogP contribution in [0.25, 0.3) is 0 Å². The van der Waals surface area contributed by atoms with Gasteiger partial charge in [-0.25, -0.2) is 0 Å². The highest BCUT2D eigenvalue weighted by Gasteiger charge is 1.94. The molecule has 0 aliphatic heterocycles. The average molecular weight is 318 g/mol. The largest absolute Gasteiger partial charge is 0.351 e. The molecule has 0 saturated heterocycles. The molecule has 23 heavy (non-hydrogen) atoms. The molecule has 124 valence electrons. The maximum absolute atomic E-state index is 5.35. The molecule has 0 unspecified atom stereocenters. The van der Waals surface area contributed by atoms with E-state index in [-0.39, 0.29) is 27.2 Å². The van der Waals surface area contributed by atoms with Crippen LogP contribution in [-0.4, -0.2) is 27.2 Å². The molecule has 0 aromatic heterocycles. The van der Waals surface area contributed by atoms with Gasteiger partial charge < -0.3 is 23.7 Å². The molecule has 0 amide bonds. The zero-order valence-corrected chi connectivity index (χ0v) is 13.1. The second kappa shape index (κ2) is 11.8. The minimum Gasteiger partial charge on any atom is -0.351 e. The zero-order chi connectivity index (χ0) is 16.0. The first-order chi connectivity index (χ1) is 11.4. The topological polar surface area (TPSA) is 46.2 Å². The third-order valence-electron chi connectivity index (χ3n) is 2.89. The van der Waals surface area contributed by atoms with Crippen LogP contribution in [0.3, 0.4) is 0 Å². The van der Waals surface area contributed by atoms with Crippen LogP contribution in [-0.2, 0) is 36.9 Å². The van der Waals surface area contributed by atoms with Crippen LogP contribution in [0.1, 0.15) is 11.1 Å². The SMILES string of the molecule is c1ccc(COCOCOCOCOCc2ccccc2)cc1. The normalized spacial score (nSPS) is 10.8. The van der Waals surface area contributed by atoms with Gasteiger partial charge in [0.2, 0.25) is 0 Å². The molecular weight excluding hydrogens is 296 g/mol.